The number of amides is 3. The number of imide groups is 1. The third-order valence-electron chi connectivity index (χ3n) is 10.3. The Morgan fingerprint density at radius 3 is 2.24 bits per heavy atom. The van der Waals surface area contributed by atoms with E-state index in [4.69, 9.17) is 4.74 Å². The number of hydrogen-bond donors (Lipinski definition) is 1. The van der Waals surface area contributed by atoms with Gasteiger partial charge in [-0.15, -0.1) is 0 Å². The number of anilines is 3. The standard InChI is InChI=1S/C34H40FN9O5/c1-39-20-23(19-36-39)24-16-30(44(47)48)31(49-3)18-28(24)41-9-4-21(5-10-41)14-22-6-11-42(12-7-22)29-17-27-25(15-26(29)35)33(38-40(27)2)43-13-8-32(45)37-34(43)46/h15-22H,4-14H2,1-3H3,(H,37,45,46). The van der Waals surface area contributed by atoms with Crippen molar-refractivity contribution in [3.05, 3.63) is 52.6 Å². The molecule has 2 aromatic carbocycles. The number of piperidine rings is 2. The maximum absolute atomic E-state index is 15.6. The van der Waals surface area contributed by atoms with Crippen LogP contribution in [0.2, 0.25) is 0 Å². The van der Waals surface area contributed by atoms with Crippen molar-refractivity contribution in [3.8, 4) is 16.9 Å². The van der Waals surface area contributed by atoms with E-state index in [2.05, 4.69) is 25.3 Å². The van der Waals surface area contributed by atoms with E-state index < -0.39 is 11.0 Å². The van der Waals surface area contributed by atoms with Crippen LogP contribution in [0.4, 0.5) is 32.1 Å². The maximum atomic E-state index is 15.6. The molecular weight excluding hydrogens is 633 g/mol. The largest absolute Gasteiger partial charge is 0.490 e. The fraction of sp³-hybridized carbons (Fsp3) is 0.471. The number of fused-ring (bicyclic) bond motifs is 1. The van der Waals surface area contributed by atoms with Crippen LogP contribution in [0.15, 0.2) is 36.7 Å². The molecule has 7 rings (SSSR count). The quantitative estimate of drug-likeness (QED) is 0.202. The lowest BCUT2D eigenvalue weighted by Gasteiger charge is -2.38. The number of carbonyl (C=O) groups is 2. The van der Waals surface area contributed by atoms with Crippen LogP contribution >= 0.6 is 0 Å². The molecular formula is C34H40FN9O5. The van der Waals surface area contributed by atoms with Gasteiger partial charge in [0.1, 0.15) is 5.82 Å². The highest BCUT2D eigenvalue weighted by molar-refractivity contribution is 6.09. The summed E-state index contributed by atoms with van der Waals surface area (Å²) in [5.74, 6) is 1.02. The SMILES string of the molecule is COc1cc(N2CCC(CC3CCN(c4cc5c(cc4F)c(N4CCC(=O)NC4=O)nn5C)CC3)CC2)c(-c2cnn(C)c2)cc1[N+](=O)[O-]. The molecule has 0 spiro atoms. The van der Waals surface area contributed by atoms with E-state index in [1.165, 1.54) is 18.1 Å². The molecule has 14 nitrogen and oxygen atoms in total. The van der Waals surface area contributed by atoms with Crippen molar-refractivity contribution in [1.82, 2.24) is 24.9 Å². The third kappa shape index (κ3) is 6.24. The molecule has 2 aromatic heterocycles. The molecule has 3 amide bonds. The number of nitrogens with one attached hydrogen (secondary N) is 1. The topological polar surface area (TPSA) is 144 Å². The van der Waals surface area contributed by atoms with Gasteiger partial charge < -0.3 is 14.5 Å². The number of ether oxygens (including phenoxy) is 1. The molecule has 0 unspecified atom stereocenters. The normalized spacial score (nSPS) is 18.0. The van der Waals surface area contributed by atoms with Crippen LogP contribution in [0.5, 0.6) is 5.75 Å². The Kier molecular flexibility index (Phi) is 8.59. The number of benzene rings is 2. The van der Waals surface area contributed by atoms with Crippen LogP contribution in [0, 0.1) is 27.8 Å². The smallest absolute Gasteiger partial charge is 0.329 e. The molecule has 258 valence electrons. The van der Waals surface area contributed by atoms with Gasteiger partial charge in [0.25, 0.3) is 0 Å². The van der Waals surface area contributed by atoms with Crippen LogP contribution in [0.3, 0.4) is 0 Å². The number of halogens is 1. The van der Waals surface area contributed by atoms with Crippen molar-refractivity contribution in [3.63, 3.8) is 0 Å². The monoisotopic (exact) mass is 673 g/mol. The van der Waals surface area contributed by atoms with Crippen LogP contribution in [-0.2, 0) is 18.9 Å². The van der Waals surface area contributed by atoms with Gasteiger partial charge in [-0.1, -0.05) is 0 Å². The molecule has 1 N–H and O–H groups in total. The van der Waals surface area contributed by atoms with Gasteiger partial charge in [0.2, 0.25) is 5.91 Å². The second-order valence-electron chi connectivity index (χ2n) is 13.3. The predicted octanol–water partition coefficient (Wildman–Crippen LogP) is 5.00. The van der Waals surface area contributed by atoms with E-state index in [1.807, 2.05) is 19.3 Å². The van der Waals surface area contributed by atoms with E-state index in [-0.39, 0.29) is 36.1 Å². The van der Waals surface area contributed by atoms with Crippen molar-refractivity contribution < 1.29 is 23.6 Å². The number of nitro groups is 1. The second-order valence-corrected chi connectivity index (χ2v) is 13.3. The summed E-state index contributed by atoms with van der Waals surface area (Å²) in [6, 6.07) is 6.10. The third-order valence-corrected chi connectivity index (χ3v) is 10.3. The summed E-state index contributed by atoms with van der Waals surface area (Å²) >= 11 is 0. The minimum atomic E-state index is -0.547. The lowest BCUT2D eigenvalue weighted by Crippen LogP contribution is -2.49. The van der Waals surface area contributed by atoms with Gasteiger partial charge in [-0.3, -0.25) is 34.5 Å². The molecule has 0 radical (unpaired) electrons. The van der Waals surface area contributed by atoms with E-state index in [0.29, 0.717) is 28.7 Å². The van der Waals surface area contributed by atoms with Crippen molar-refractivity contribution in [2.24, 2.45) is 25.9 Å². The van der Waals surface area contributed by atoms with E-state index in [9.17, 15) is 19.7 Å². The van der Waals surface area contributed by atoms with Gasteiger partial charge in [0.05, 0.1) is 29.4 Å². The number of hydrogen-bond acceptors (Lipinski definition) is 9. The Hall–Kier alpha value is -5.21. The Morgan fingerprint density at radius 2 is 1.65 bits per heavy atom. The minimum absolute atomic E-state index is 0.0681. The lowest BCUT2D eigenvalue weighted by atomic mass is 9.82. The molecule has 3 aliphatic rings. The van der Waals surface area contributed by atoms with Gasteiger partial charge in [0, 0.05) is 93.8 Å². The Labute approximate surface area is 282 Å². The molecule has 4 aromatic rings. The number of nitrogens with zero attached hydrogens (tertiary/aromatic N) is 8. The second kappa shape index (κ2) is 13.0. The lowest BCUT2D eigenvalue weighted by molar-refractivity contribution is -0.385. The maximum Gasteiger partial charge on any atom is 0.329 e. The Balaban J connectivity index is 0.987. The summed E-state index contributed by atoms with van der Waals surface area (Å²) in [7, 11) is 5.06. The zero-order chi connectivity index (χ0) is 34.4. The van der Waals surface area contributed by atoms with E-state index in [1.54, 1.807) is 34.7 Å². The number of urea groups is 1. The average Bonchev–Trinajstić information content (AvgIpc) is 3.66. The minimum Gasteiger partial charge on any atom is -0.490 e. The highest BCUT2D eigenvalue weighted by atomic mass is 19.1. The van der Waals surface area contributed by atoms with Crippen LogP contribution < -0.4 is 24.8 Å². The zero-order valence-electron chi connectivity index (χ0n) is 27.9. The number of methoxy groups -OCH3 is 1. The molecule has 3 fully saturated rings. The molecule has 0 atom stereocenters. The van der Waals surface area contributed by atoms with Crippen molar-refractivity contribution in [2.75, 3.05) is 54.5 Å². The van der Waals surface area contributed by atoms with Gasteiger partial charge in [-0.25, -0.2) is 9.18 Å². The average molecular weight is 674 g/mol. The van der Waals surface area contributed by atoms with Gasteiger partial charge in [0.15, 0.2) is 11.6 Å². The Morgan fingerprint density at radius 1 is 0.980 bits per heavy atom. The van der Waals surface area contributed by atoms with Gasteiger partial charge in [-0.05, 0) is 56.1 Å². The van der Waals surface area contributed by atoms with Crippen LogP contribution in [0.25, 0.3) is 22.0 Å². The highest BCUT2D eigenvalue weighted by Gasteiger charge is 2.31. The van der Waals surface area contributed by atoms with Crippen molar-refractivity contribution in [1.29, 1.82) is 0 Å². The summed E-state index contributed by atoms with van der Waals surface area (Å²) in [6.45, 7) is 3.38. The predicted molar refractivity (Wildman–Crippen MR) is 183 cm³/mol. The summed E-state index contributed by atoms with van der Waals surface area (Å²) in [4.78, 5) is 41.2. The fourth-order valence-corrected chi connectivity index (χ4v) is 7.66. The summed E-state index contributed by atoms with van der Waals surface area (Å²) in [5.41, 5.74) is 3.70. The first-order valence-corrected chi connectivity index (χ1v) is 16.7. The number of carbonyl (C=O) groups excluding carboxylic acids is 2. The first-order chi connectivity index (χ1) is 23.6. The number of nitro benzene ring substituents is 1. The van der Waals surface area contributed by atoms with Gasteiger partial charge in [-0.2, -0.15) is 10.2 Å². The summed E-state index contributed by atoms with van der Waals surface area (Å²) in [5, 5.41) is 23.4. The van der Waals surface area contributed by atoms with Gasteiger partial charge >= 0.3 is 11.7 Å². The number of aryl methyl sites for hydroxylation is 2. The van der Waals surface area contributed by atoms with E-state index >= 15 is 4.39 Å². The molecule has 5 heterocycles. The summed E-state index contributed by atoms with van der Waals surface area (Å²) in [6.07, 6.45) is 8.86. The van der Waals surface area contributed by atoms with Crippen LogP contribution in [-0.4, -0.2) is 76.3 Å². The molecule has 3 aliphatic heterocycles. The Bertz CT molecular complexity index is 1920. The highest BCUT2D eigenvalue weighted by Crippen LogP contribution is 2.42. The molecule has 3 saturated heterocycles. The molecule has 49 heavy (non-hydrogen) atoms. The zero-order valence-corrected chi connectivity index (χ0v) is 27.9. The fourth-order valence-electron chi connectivity index (χ4n) is 7.66. The van der Waals surface area contributed by atoms with E-state index in [0.717, 1.165) is 80.6 Å². The molecule has 0 saturated carbocycles. The van der Waals surface area contributed by atoms with Crippen LogP contribution in [0.1, 0.15) is 38.5 Å². The molecule has 0 aliphatic carbocycles. The first kappa shape index (κ1) is 32.3. The molecule has 0 bridgehead atoms. The van der Waals surface area contributed by atoms with Crippen molar-refractivity contribution in [2.45, 2.75) is 38.5 Å². The number of rotatable bonds is 8. The van der Waals surface area contributed by atoms with Crippen molar-refractivity contribution >= 4 is 45.7 Å². The number of aromatic nitrogens is 4. The first-order valence-electron chi connectivity index (χ1n) is 16.7. The molecule has 15 heteroatoms. The summed E-state index contributed by atoms with van der Waals surface area (Å²) < 4.78 is 24.4.